The van der Waals surface area contributed by atoms with Crippen LogP contribution in [-0.2, 0) is 16.0 Å². The lowest BCUT2D eigenvalue weighted by molar-refractivity contribution is -0.122. The highest BCUT2D eigenvalue weighted by atomic mass is 16.2. The van der Waals surface area contributed by atoms with E-state index in [2.05, 4.69) is 5.32 Å². The molecule has 2 rings (SSSR count). The summed E-state index contributed by atoms with van der Waals surface area (Å²) in [7, 11) is 0. The van der Waals surface area contributed by atoms with Crippen molar-refractivity contribution < 1.29 is 9.59 Å². The summed E-state index contributed by atoms with van der Waals surface area (Å²) in [5.74, 6) is 0.370. The Balaban J connectivity index is 1.92. The molecule has 0 spiro atoms. The first-order valence-electron chi connectivity index (χ1n) is 7.93. The maximum atomic E-state index is 12.4. The monoisotopic (exact) mass is 303 g/mol. The van der Waals surface area contributed by atoms with Gasteiger partial charge in [-0.25, -0.2) is 0 Å². The number of carbonyl (C=O) groups excluding carboxylic acids is 2. The van der Waals surface area contributed by atoms with Crippen LogP contribution >= 0.6 is 0 Å². The van der Waals surface area contributed by atoms with Crippen LogP contribution in [0, 0.1) is 5.92 Å². The van der Waals surface area contributed by atoms with Gasteiger partial charge in [-0.05, 0) is 36.5 Å². The van der Waals surface area contributed by atoms with E-state index in [1.165, 1.54) is 0 Å². The largest absolute Gasteiger partial charge is 0.398 e. The molecule has 1 aromatic rings. The summed E-state index contributed by atoms with van der Waals surface area (Å²) < 4.78 is 0. The molecule has 0 aliphatic carbocycles. The molecule has 5 nitrogen and oxygen atoms in total. The average molecular weight is 303 g/mol. The lowest BCUT2D eigenvalue weighted by atomic mass is 9.99. The van der Waals surface area contributed by atoms with Crippen molar-refractivity contribution in [2.75, 3.05) is 23.7 Å². The fraction of sp³-hybridized carbons (Fsp3) is 0.529. The van der Waals surface area contributed by atoms with Crippen molar-refractivity contribution >= 4 is 23.2 Å². The topological polar surface area (TPSA) is 75.4 Å². The molecule has 120 valence electrons. The van der Waals surface area contributed by atoms with Crippen molar-refractivity contribution in [3.63, 3.8) is 0 Å². The summed E-state index contributed by atoms with van der Waals surface area (Å²) >= 11 is 0. The van der Waals surface area contributed by atoms with E-state index in [1.807, 2.05) is 32.0 Å². The van der Waals surface area contributed by atoms with Gasteiger partial charge >= 0.3 is 0 Å². The molecule has 0 fully saturated rings. The number of nitrogens with zero attached hydrogens (tertiary/aromatic N) is 1. The Morgan fingerprint density at radius 1 is 1.36 bits per heavy atom. The highest BCUT2D eigenvalue weighted by Gasteiger charge is 2.23. The van der Waals surface area contributed by atoms with Crippen LogP contribution in [0.2, 0.25) is 0 Å². The third-order valence-electron chi connectivity index (χ3n) is 3.84. The Morgan fingerprint density at radius 3 is 2.86 bits per heavy atom. The summed E-state index contributed by atoms with van der Waals surface area (Å²) in [5.41, 5.74) is 8.73. The molecular formula is C17H25N3O2. The normalized spacial score (nSPS) is 13.9. The molecule has 0 saturated heterocycles. The second kappa shape index (κ2) is 7.29. The maximum Gasteiger partial charge on any atom is 0.228 e. The molecule has 0 unspecified atom stereocenters. The lowest BCUT2D eigenvalue weighted by Crippen LogP contribution is -2.38. The molecule has 0 atom stereocenters. The van der Waals surface area contributed by atoms with Gasteiger partial charge in [0, 0.05) is 37.3 Å². The number of benzene rings is 1. The van der Waals surface area contributed by atoms with E-state index in [1.54, 1.807) is 4.90 Å². The molecule has 0 saturated carbocycles. The number of amides is 2. The Kier molecular flexibility index (Phi) is 5.41. The molecule has 22 heavy (non-hydrogen) atoms. The van der Waals surface area contributed by atoms with Crippen molar-refractivity contribution in [1.29, 1.82) is 0 Å². The van der Waals surface area contributed by atoms with Crippen molar-refractivity contribution in [3.05, 3.63) is 23.8 Å². The molecular weight excluding hydrogens is 278 g/mol. The summed E-state index contributed by atoms with van der Waals surface area (Å²) in [6.07, 6.45) is 2.65. The molecule has 0 aromatic heterocycles. The van der Waals surface area contributed by atoms with Crippen molar-refractivity contribution in [1.82, 2.24) is 5.32 Å². The number of fused-ring (bicyclic) bond motifs is 1. The standard InChI is InChI=1S/C17H25N3O2/c1-12(2)11-16(21)19-9-8-17(22)20-10-4-5-13-14(18)6-3-7-15(13)20/h3,6-7,12H,4-5,8-11,18H2,1-2H3,(H,19,21). The van der Waals surface area contributed by atoms with Crippen molar-refractivity contribution in [3.8, 4) is 0 Å². The van der Waals surface area contributed by atoms with Crippen molar-refractivity contribution in [2.45, 2.75) is 39.5 Å². The van der Waals surface area contributed by atoms with Crippen LogP contribution in [-0.4, -0.2) is 24.9 Å². The molecule has 1 aliphatic heterocycles. The number of hydrogen-bond acceptors (Lipinski definition) is 3. The Morgan fingerprint density at radius 2 is 2.14 bits per heavy atom. The van der Waals surface area contributed by atoms with Gasteiger partial charge in [0.15, 0.2) is 0 Å². The minimum Gasteiger partial charge on any atom is -0.398 e. The Labute approximate surface area is 131 Å². The number of nitrogen functional groups attached to an aromatic ring is 1. The zero-order valence-corrected chi connectivity index (χ0v) is 13.4. The van der Waals surface area contributed by atoms with Crippen LogP contribution in [0.25, 0.3) is 0 Å². The predicted octanol–water partition coefficient (Wildman–Crippen LogP) is 2.10. The van der Waals surface area contributed by atoms with E-state index in [4.69, 9.17) is 5.73 Å². The van der Waals surface area contributed by atoms with Gasteiger partial charge in [-0.3, -0.25) is 9.59 Å². The van der Waals surface area contributed by atoms with Crippen LogP contribution in [0.1, 0.15) is 38.7 Å². The van der Waals surface area contributed by atoms with Crippen LogP contribution in [0.5, 0.6) is 0 Å². The van der Waals surface area contributed by atoms with E-state index in [-0.39, 0.29) is 11.8 Å². The van der Waals surface area contributed by atoms with Crippen LogP contribution in [0.15, 0.2) is 18.2 Å². The molecule has 0 radical (unpaired) electrons. The maximum absolute atomic E-state index is 12.4. The minimum absolute atomic E-state index is 0.00564. The van der Waals surface area contributed by atoms with E-state index in [9.17, 15) is 9.59 Å². The predicted molar refractivity (Wildman–Crippen MR) is 88.6 cm³/mol. The highest BCUT2D eigenvalue weighted by molar-refractivity contribution is 5.95. The second-order valence-corrected chi connectivity index (χ2v) is 6.19. The summed E-state index contributed by atoms with van der Waals surface area (Å²) in [4.78, 5) is 25.8. The van der Waals surface area contributed by atoms with Crippen molar-refractivity contribution in [2.24, 2.45) is 5.92 Å². The summed E-state index contributed by atoms with van der Waals surface area (Å²) in [5, 5.41) is 2.81. The van der Waals surface area contributed by atoms with Crippen LogP contribution < -0.4 is 16.0 Å². The highest BCUT2D eigenvalue weighted by Crippen LogP contribution is 2.31. The van der Waals surface area contributed by atoms with Gasteiger partial charge in [0.1, 0.15) is 0 Å². The van der Waals surface area contributed by atoms with Gasteiger partial charge < -0.3 is 16.0 Å². The Hall–Kier alpha value is -2.04. The van der Waals surface area contributed by atoms with Crippen LogP contribution in [0.3, 0.4) is 0 Å². The number of anilines is 2. The third kappa shape index (κ3) is 4.00. The number of rotatable bonds is 5. The quantitative estimate of drug-likeness (QED) is 0.818. The van der Waals surface area contributed by atoms with Crippen LogP contribution in [0.4, 0.5) is 11.4 Å². The first-order valence-corrected chi connectivity index (χ1v) is 7.93. The Bertz CT molecular complexity index is 555. The number of hydrogen-bond donors (Lipinski definition) is 2. The van der Waals surface area contributed by atoms with Gasteiger partial charge in [-0.2, -0.15) is 0 Å². The summed E-state index contributed by atoms with van der Waals surface area (Å²) in [6, 6.07) is 5.70. The molecule has 5 heteroatoms. The zero-order valence-electron chi connectivity index (χ0n) is 13.4. The SMILES string of the molecule is CC(C)CC(=O)NCCC(=O)N1CCCc2c(N)cccc21. The molecule has 1 aliphatic rings. The first kappa shape index (κ1) is 16.3. The fourth-order valence-electron chi connectivity index (χ4n) is 2.80. The lowest BCUT2D eigenvalue weighted by Gasteiger charge is -2.30. The van der Waals surface area contributed by atoms with E-state index in [0.29, 0.717) is 25.3 Å². The first-order chi connectivity index (χ1) is 10.5. The molecule has 1 heterocycles. The minimum atomic E-state index is 0.00564. The number of nitrogens with two attached hydrogens (primary N) is 1. The third-order valence-corrected chi connectivity index (χ3v) is 3.84. The van der Waals surface area contributed by atoms with Gasteiger partial charge in [-0.15, -0.1) is 0 Å². The van der Waals surface area contributed by atoms with Gasteiger partial charge in [0.05, 0.1) is 0 Å². The molecule has 2 amide bonds. The average Bonchev–Trinajstić information content (AvgIpc) is 2.46. The summed E-state index contributed by atoms with van der Waals surface area (Å²) in [6.45, 7) is 5.10. The molecule has 3 N–H and O–H groups in total. The van der Waals surface area contributed by atoms with E-state index < -0.39 is 0 Å². The fourth-order valence-corrected chi connectivity index (χ4v) is 2.80. The molecule has 1 aromatic carbocycles. The van der Waals surface area contributed by atoms with E-state index >= 15 is 0 Å². The van der Waals surface area contributed by atoms with Gasteiger partial charge in [-0.1, -0.05) is 19.9 Å². The smallest absolute Gasteiger partial charge is 0.228 e. The zero-order chi connectivity index (χ0) is 16.1. The number of nitrogens with one attached hydrogen (secondary N) is 1. The second-order valence-electron chi connectivity index (χ2n) is 6.19. The molecule has 0 bridgehead atoms. The van der Waals surface area contributed by atoms with Gasteiger partial charge in [0.25, 0.3) is 0 Å². The van der Waals surface area contributed by atoms with Gasteiger partial charge in [0.2, 0.25) is 11.8 Å². The number of carbonyl (C=O) groups is 2. The van der Waals surface area contributed by atoms with E-state index in [0.717, 1.165) is 36.3 Å².